The number of rotatable bonds is 6. The molecule has 1 aliphatic rings. The van der Waals surface area contributed by atoms with Crippen LogP contribution in [0.4, 0.5) is 17.6 Å². The molecule has 2 rings (SSSR count). The zero-order valence-electron chi connectivity index (χ0n) is 15.3. The second-order valence-corrected chi connectivity index (χ2v) is 8.05. The Labute approximate surface area is 180 Å². The Morgan fingerprint density at radius 1 is 1.18 bits per heavy atom. The maximum Gasteiger partial charge on any atom is 1.00 e. The molecule has 0 aliphatic heterocycles. The minimum atomic E-state index is -5.11. The van der Waals surface area contributed by atoms with E-state index in [-0.39, 0.29) is 29.6 Å². The molecule has 28 heavy (non-hydrogen) atoms. The molecule has 7 nitrogen and oxygen atoms in total. The number of methoxy groups -OCH3 is 1. The van der Waals surface area contributed by atoms with E-state index in [4.69, 9.17) is 0 Å². The molecule has 0 aromatic heterocycles. The van der Waals surface area contributed by atoms with Crippen LogP contribution in [0.15, 0.2) is 0 Å². The summed E-state index contributed by atoms with van der Waals surface area (Å²) in [6, 6.07) is 0. The van der Waals surface area contributed by atoms with Gasteiger partial charge in [-0.1, -0.05) is 13.8 Å². The van der Waals surface area contributed by atoms with Crippen molar-refractivity contribution in [3.63, 3.8) is 0 Å². The summed E-state index contributed by atoms with van der Waals surface area (Å²) in [7, 11) is -4.32. The number of benzene rings is 1. The van der Waals surface area contributed by atoms with Crippen LogP contribution >= 0.6 is 0 Å². The largest absolute Gasteiger partial charge is 1.00 e. The van der Waals surface area contributed by atoms with Gasteiger partial charge in [-0.05, 0) is 5.41 Å². The van der Waals surface area contributed by atoms with Gasteiger partial charge >= 0.3 is 35.5 Å². The predicted octanol–water partition coefficient (Wildman–Crippen LogP) is -1.57. The molecule has 1 aromatic rings. The number of ether oxygens (including phenoxy) is 2. The standard InChI is InChI=1S/C15H16F4O7S.Na/c1-15(2)6(7(15)14(21)27(22,23)24)13(20)26-4-5-8(16)10(18)12(25-3)11(19)9(5)17;/h6-7,14,21H,4H2,1-3H3,(H,22,23,24);/q;+1/p-1. The number of hydrogen-bond donors (Lipinski definition) is 1. The van der Waals surface area contributed by atoms with E-state index >= 15 is 0 Å². The molecule has 1 aliphatic carbocycles. The number of aliphatic hydroxyl groups excluding tert-OH is 1. The zero-order chi connectivity index (χ0) is 20.9. The Kier molecular flexibility index (Phi) is 7.57. The monoisotopic (exact) mass is 438 g/mol. The molecule has 1 saturated carbocycles. The molecular weight excluding hydrogens is 423 g/mol. The first-order valence-corrected chi connectivity index (χ1v) is 8.92. The number of halogens is 4. The molecule has 0 spiro atoms. The molecule has 0 amide bonds. The van der Waals surface area contributed by atoms with E-state index in [2.05, 4.69) is 9.47 Å². The second kappa shape index (κ2) is 8.44. The number of esters is 1. The fraction of sp³-hybridized carbons (Fsp3) is 0.533. The van der Waals surface area contributed by atoms with Gasteiger partial charge in [-0.3, -0.25) is 4.79 Å². The molecule has 1 N–H and O–H groups in total. The van der Waals surface area contributed by atoms with Gasteiger partial charge in [-0.2, -0.15) is 8.78 Å². The molecule has 13 heteroatoms. The SMILES string of the molecule is COc1c(F)c(F)c(COC(=O)C2C(C(O)S(=O)(=O)[O-])C2(C)C)c(F)c1F.[Na+]. The fourth-order valence-electron chi connectivity index (χ4n) is 3.04. The fourth-order valence-corrected chi connectivity index (χ4v) is 3.90. The summed E-state index contributed by atoms with van der Waals surface area (Å²) in [6.07, 6.45) is 0. The topological polar surface area (TPSA) is 113 Å². The number of carbonyl (C=O) groups excluding carboxylic acids is 1. The van der Waals surface area contributed by atoms with Crippen molar-refractivity contribution < 1.29 is 79.5 Å². The smallest absolute Gasteiger partial charge is 0.746 e. The molecule has 0 heterocycles. The Morgan fingerprint density at radius 2 is 1.64 bits per heavy atom. The normalized spacial score (nSPS) is 21.5. The molecule has 152 valence electrons. The molecule has 1 fully saturated rings. The van der Waals surface area contributed by atoms with Crippen LogP contribution in [0.3, 0.4) is 0 Å². The molecule has 3 unspecified atom stereocenters. The van der Waals surface area contributed by atoms with Gasteiger partial charge in [0.15, 0.2) is 17.4 Å². The number of hydrogen-bond acceptors (Lipinski definition) is 7. The first-order valence-electron chi connectivity index (χ1n) is 7.45. The predicted molar refractivity (Wildman–Crippen MR) is 79.1 cm³/mol. The van der Waals surface area contributed by atoms with Crippen LogP contribution in [0.25, 0.3) is 0 Å². The van der Waals surface area contributed by atoms with Crippen LogP contribution in [-0.4, -0.2) is 36.6 Å². The second-order valence-electron chi connectivity index (χ2n) is 6.58. The Morgan fingerprint density at radius 3 is 2.04 bits per heavy atom. The molecular formula is C15H15F4NaO7S. The average molecular weight is 438 g/mol. The average Bonchev–Trinajstić information content (AvgIpc) is 3.13. The van der Waals surface area contributed by atoms with E-state index in [9.17, 15) is 40.4 Å². The molecule has 0 radical (unpaired) electrons. The number of aliphatic hydroxyl groups is 1. The molecule has 1 aromatic carbocycles. The number of carbonyl (C=O) groups is 1. The van der Waals surface area contributed by atoms with Gasteiger partial charge in [-0.25, -0.2) is 17.2 Å². The Bertz CT molecular complexity index is 862. The quantitative estimate of drug-likeness (QED) is 0.188. The summed E-state index contributed by atoms with van der Waals surface area (Å²) < 4.78 is 96.6. The summed E-state index contributed by atoms with van der Waals surface area (Å²) in [5.74, 6) is -12.3. The van der Waals surface area contributed by atoms with Gasteiger partial charge in [0, 0.05) is 5.92 Å². The van der Waals surface area contributed by atoms with Crippen molar-refractivity contribution in [2.45, 2.75) is 25.9 Å². The molecule has 3 atom stereocenters. The van der Waals surface area contributed by atoms with E-state index < -0.39 is 80.0 Å². The van der Waals surface area contributed by atoms with Crippen molar-refractivity contribution in [1.29, 1.82) is 0 Å². The van der Waals surface area contributed by atoms with Crippen molar-refractivity contribution in [3.05, 3.63) is 28.8 Å². The summed E-state index contributed by atoms with van der Waals surface area (Å²) in [5.41, 5.74) is -4.75. The van der Waals surface area contributed by atoms with Crippen LogP contribution in [0.1, 0.15) is 19.4 Å². The van der Waals surface area contributed by atoms with E-state index in [1.165, 1.54) is 13.8 Å². The van der Waals surface area contributed by atoms with Crippen LogP contribution in [0, 0.1) is 40.5 Å². The summed E-state index contributed by atoms with van der Waals surface area (Å²) in [4.78, 5) is 12.1. The minimum Gasteiger partial charge on any atom is -0.746 e. The van der Waals surface area contributed by atoms with Crippen molar-refractivity contribution in [2.24, 2.45) is 17.3 Å². The van der Waals surface area contributed by atoms with Gasteiger partial charge < -0.3 is 19.1 Å². The maximum absolute atomic E-state index is 13.9. The van der Waals surface area contributed by atoms with Crippen molar-refractivity contribution >= 4 is 16.1 Å². The summed E-state index contributed by atoms with van der Waals surface area (Å²) in [6.45, 7) is 1.53. The van der Waals surface area contributed by atoms with Gasteiger partial charge in [-0.15, -0.1) is 0 Å². The minimum absolute atomic E-state index is 0. The Hall–Kier alpha value is -0.920. The van der Waals surface area contributed by atoms with Crippen LogP contribution in [-0.2, 0) is 26.3 Å². The first-order chi connectivity index (χ1) is 12.3. The van der Waals surface area contributed by atoms with E-state index in [1.807, 2.05) is 0 Å². The summed E-state index contributed by atoms with van der Waals surface area (Å²) >= 11 is 0. The third kappa shape index (κ3) is 4.31. The first kappa shape index (κ1) is 25.1. The third-order valence-corrected chi connectivity index (χ3v) is 5.53. The van der Waals surface area contributed by atoms with Crippen molar-refractivity contribution in [1.82, 2.24) is 0 Å². The van der Waals surface area contributed by atoms with Crippen LogP contribution in [0.2, 0.25) is 0 Å². The van der Waals surface area contributed by atoms with Crippen LogP contribution in [0.5, 0.6) is 5.75 Å². The van der Waals surface area contributed by atoms with E-state index in [0.717, 1.165) is 7.11 Å². The van der Waals surface area contributed by atoms with Gasteiger partial charge in [0.05, 0.1) is 18.6 Å². The van der Waals surface area contributed by atoms with Gasteiger partial charge in [0.2, 0.25) is 11.6 Å². The van der Waals surface area contributed by atoms with Crippen molar-refractivity contribution in [3.8, 4) is 5.75 Å². The maximum atomic E-state index is 13.9. The third-order valence-electron chi connectivity index (χ3n) is 4.64. The van der Waals surface area contributed by atoms with Crippen LogP contribution < -0.4 is 34.3 Å². The van der Waals surface area contributed by atoms with E-state index in [0.29, 0.717) is 0 Å². The Balaban J connectivity index is 0.00000392. The molecule has 0 saturated heterocycles. The zero-order valence-corrected chi connectivity index (χ0v) is 18.1. The summed E-state index contributed by atoms with van der Waals surface area (Å²) in [5, 5.41) is 9.54. The van der Waals surface area contributed by atoms with E-state index in [1.54, 1.807) is 0 Å². The molecule has 0 bridgehead atoms. The van der Waals surface area contributed by atoms with Gasteiger partial charge in [0.25, 0.3) is 0 Å². The van der Waals surface area contributed by atoms with Crippen molar-refractivity contribution in [2.75, 3.05) is 7.11 Å². The van der Waals surface area contributed by atoms with Gasteiger partial charge in [0.1, 0.15) is 22.2 Å².